The maximum absolute atomic E-state index is 12.0. The van der Waals surface area contributed by atoms with Crippen LogP contribution in [0.4, 0.5) is 0 Å². The Hall–Kier alpha value is -2.22. The van der Waals surface area contributed by atoms with Gasteiger partial charge in [-0.25, -0.2) is 0 Å². The quantitative estimate of drug-likeness (QED) is 0.0256. The van der Waals surface area contributed by atoms with E-state index < -0.39 is 24.3 Å². The molecule has 0 saturated heterocycles. The molecule has 0 rings (SSSR count). The molecule has 7 nitrogen and oxygen atoms in total. The normalized spacial score (nSPS) is 14.0. The van der Waals surface area contributed by atoms with Gasteiger partial charge in [-0.3, -0.25) is 9.59 Å². The highest BCUT2D eigenvalue weighted by Crippen LogP contribution is 2.15. The fourth-order valence-electron chi connectivity index (χ4n) is 5.70. The summed E-state index contributed by atoms with van der Waals surface area (Å²) < 4.78 is 10.2. The van der Waals surface area contributed by atoms with E-state index in [1.165, 1.54) is 103 Å². The lowest BCUT2D eigenvalue weighted by Gasteiger charge is -2.12. The van der Waals surface area contributed by atoms with E-state index in [1.807, 2.05) is 6.08 Å². The zero-order chi connectivity index (χ0) is 37.6. The Morgan fingerprint density at radius 3 is 1.51 bits per heavy atom. The van der Waals surface area contributed by atoms with Crippen LogP contribution < -0.4 is 0 Å². The molecule has 0 amide bonds. The highest BCUT2D eigenvalue weighted by atomic mass is 16.6. The first-order chi connectivity index (χ1) is 24.7. The monoisotopic (exact) mass is 719 g/mol. The van der Waals surface area contributed by atoms with Crippen LogP contribution in [-0.2, 0) is 19.1 Å². The molecular formula is C44H78O7. The average molecular weight is 719 g/mol. The highest BCUT2D eigenvalue weighted by Gasteiger charge is 2.12. The van der Waals surface area contributed by atoms with Crippen LogP contribution in [0.2, 0.25) is 0 Å². The lowest BCUT2D eigenvalue weighted by atomic mass is 10.0. The SMILES string of the molecule is CCCCC/C=C\C[C@@H](O)/C=C/C=C/C=C\[C@@H](O)CCCC(=O)OC[C@@H](O)COC(=O)CCCCCCCCCCCCCCCCCC(C)C. The van der Waals surface area contributed by atoms with Gasteiger partial charge in [0.15, 0.2) is 0 Å². The standard InChI is InChI=1S/C44H78O7/c1-4-5-6-7-20-25-31-40(45)32-26-22-23-27-33-41(46)34-29-36-44(49)51-38-42(47)37-50-43(48)35-28-21-18-16-14-12-10-8-9-11-13-15-17-19-24-30-39(2)3/h20,22-23,25-27,32-33,39-42,45-47H,4-19,21,24,28-31,34-38H2,1-3H3/b23-22+,25-20-,32-26+,33-27-/t40-,41-,42+/m1/s1. The summed E-state index contributed by atoms with van der Waals surface area (Å²) in [6.45, 7) is 6.39. The number of ether oxygens (including phenoxy) is 2. The minimum Gasteiger partial charge on any atom is -0.463 e. The predicted octanol–water partition coefficient (Wildman–Crippen LogP) is 10.8. The van der Waals surface area contributed by atoms with Crippen LogP contribution in [0.3, 0.4) is 0 Å². The van der Waals surface area contributed by atoms with Crippen molar-refractivity contribution in [1.29, 1.82) is 0 Å². The van der Waals surface area contributed by atoms with Crippen molar-refractivity contribution in [2.45, 2.75) is 200 Å². The molecule has 0 saturated carbocycles. The molecule has 0 fully saturated rings. The number of carbonyl (C=O) groups is 2. The van der Waals surface area contributed by atoms with Crippen molar-refractivity contribution < 1.29 is 34.4 Å². The van der Waals surface area contributed by atoms with E-state index in [1.54, 1.807) is 36.5 Å². The van der Waals surface area contributed by atoms with Crippen molar-refractivity contribution in [2.24, 2.45) is 5.92 Å². The van der Waals surface area contributed by atoms with Gasteiger partial charge in [-0.05, 0) is 44.4 Å². The maximum Gasteiger partial charge on any atom is 0.305 e. The molecule has 0 radical (unpaired) electrons. The Morgan fingerprint density at radius 1 is 0.529 bits per heavy atom. The number of aliphatic hydroxyl groups is 3. The van der Waals surface area contributed by atoms with Crippen LogP contribution >= 0.6 is 0 Å². The Labute approximate surface area is 313 Å². The number of rotatable bonds is 36. The molecule has 7 heteroatoms. The number of unbranched alkanes of at least 4 members (excludes halogenated alkanes) is 17. The summed E-state index contributed by atoms with van der Waals surface area (Å²) in [5, 5.41) is 30.1. The van der Waals surface area contributed by atoms with Crippen LogP contribution in [0, 0.1) is 5.92 Å². The topological polar surface area (TPSA) is 113 Å². The third-order valence-electron chi connectivity index (χ3n) is 8.94. The molecule has 0 aromatic carbocycles. The largest absolute Gasteiger partial charge is 0.463 e. The van der Waals surface area contributed by atoms with E-state index in [2.05, 4.69) is 26.8 Å². The van der Waals surface area contributed by atoms with Gasteiger partial charge in [-0.2, -0.15) is 0 Å². The highest BCUT2D eigenvalue weighted by molar-refractivity contribution is 5.69. The van der Waals surface area contributed by atoms with Gasteiger partial charge in [-0.1, -0.05) is 179 Å². The van der Waals surface area contributed by atoms with Gasteiger partial charge in [0.2, 0.25) is 0 Å². The van der Waals surface area contributed by atoms with Gasteiger partial charge in [-0.15, -0.1) is 0 Å². The minimum atomic E-state index is -1.06. The van der Waals surface area contributed by atoms with Crippen molar-refractivity contribution in [3.05, 3.63) is 48.6 Å². The summed E-state index contributed by atoms with van der Waals surface area (Å²) in [6, 6.07) is 0. The smallest absolute Gasteiger partial charge is 0.305 e. The van der Waals surface area contributed by atoms with Crippen molar-refractivity contribution in [3.63, 3.8) is 0 Å². The number of hydrogen-bond acceptors (Lipinski definition) is 7. The van der Waals surface area contributed by atoms with Crippen LogP contribution in [0.1, 0.15) is 181 Å². The third-order valence-corrected chi connectivity index (χ3v) is 8.94. The molecule has 0 aromatic rings. The maximum atomic E-state index is 12.0. The fourth-order valence-corrected chi connectivity index (χ4v) is 5.70. The second kappa shape index (κ2) is 37.5. The van der Waals surface area contributed by atoms with Gasteiger partial charge in [0.05, 0.1) is 12.2 Å². The lowest BCUT2D eigenvalue weighted by Crippen LogP contribution is -2.25. The molecule has 0 aliphatic carbocycles. The Bertz CT molecular complexity index is 907. The first-order valence-corrected chi connectivity index (χ1v) is 20.8. The molecule has 0 unspecified atom stereocenters. The number of carbonyl (C=O) groups excluding carboxylic acids is 2. The molecular weight excluding hydrogens is 640 g/mol. The van der Waals surface area contributed by atoms with Crippen LogP contribution in [0.25, 0.3) is 0 Å². The molecule has 0 aliphatic heterocycles. The molecule has 296 valence electrons. The lowest BCUT2D eigenvalue weighted by molar-refractivity contribution is -0.152. The van der Waals surface area contributed by atoms with Crippen molar-refractivity contribution in [1.82, 2.24) is 0 Å². The molecule has 0 aliphatic rings. The van der Waals surface area contributed by atoms with Crippen LogP contribution in [-0.4, -0.2) is 58.8 Å². The molecule has 0 spiro atoms. The van der Waals surface area contributed by atoms with E-state index in [0.717, 1.165) is 31.6 Å². The van der Waals surface area contributed by atoms with E-state index in [4.69, 9.17) is 9.47 Å². The predicted molar refractivity (Wildman–Crippen MR) is 212 cm³/mol. The van der Waals surface area contributed by atoms with E-state index in [9.17, 15) is 24.9 Å². The second-order valence-corrected chi connectivity index (χ2v) is 14.6. The number of esters is 2. The van der Waals surface area contributed by atoms with Gasteiger partial charge < -0.3 is 24.8 Å². The summed E-state index contributed by atoms with van der Waals surface area (Å²) in [5.74, 6) is 0.0491. The van der Waals surface area contributed by atoms with Crippen molar-refractivity contribution in [2.75, 3.05) is 13.2 Å². The summed E-state index contributed by atoms with van der Waals surface area (Å²) in [7, 11) is 0. The number of aliphatic hydroxyl groups excluding tert-OH is 3. The summed E-state index contributed by atoms with van der Waals surface area (Å²) >= 11 is 0. The summed E-state index contributed by atoms with van der Waals surface area (Å²) in [6.07, 6.45) is 39.5. The Morgan fingerprint density at radius 2 is 1.00 bits per heavy atom. The zero-order valence-electron chi connectivity index (χ0n) is 33.0. The van der Waals surface area contributed by atoms with Crippen molar-refractivity contribution >= 4 is 11.9 Å². The van der Waals surface area contributed by atoms with Crippen LogP contribution in [0.15, 0.2) is 48.6 Å². The van der Waals surface area contributed by atoms with Gasteiger partial charge in [0.25, 0.3) is 0 Å². The summed E-state index contributed by atoms with van der Waals surface area (Å²) in [5.41, 5.74) is 0. The first kappa shape index (κ1) is 48.8. The zero-order valence-corrected chi connectivity index (χ0v) is 33.0. The van der Waals surface area contributed by atoms with E-state index in [0.29, 0.717) is 25.7 Å². The molecule has 3 atom stereocenters. The number of allylic oxidation sites excluding steroid dienone is 5. The Kier molecular flexibility index (Phi) is 35.9. The fraction of sp³-hybridized carbons (Fsp3) is 0.773. The molecule has 3 N–H and O–H groups in total. The van der Waals surface area contributed by atoms with Gasteiger partial charge in [0.1, 0.15) is 19.3 Å². The average Bonchev–Trinajstić information content (AvgIpc) is 3.10. The van der Waals surface area contributed by atoms with E-state index >= 15 is 0 Å². The molecule has 0 aromatic heterocycles. The summed E-state index contributed by atoms with van der Waals surface area (Å²) in [4.78, 5) is 24.0. The van der Waals surface area contributed by atoms with Crippen LogP contribution in [0.5, 0.6) is 0 Å². The minimum absolute atomic E-state index is 0.125. The first-order valence-electron chi connectivity index (χ1n) is 20.8. The number of hydrogen-bond donors (Lipinski definition) is 3. The van der Waals surface area contributed by atoms with Gasteiger partial charge in [0, 0.05) is 12.8 Å². The van der Waals surface area contributed by atoms with Crippen molar-refractivity contribution in [3.8, 4) is 0 Å². The van der Waals surface area contributed by atoms with Gasteiger partial charge >= 0.3 is 11.9 Å². The second-order valence-electron chi connectivity index (χ2n) is 14.6. The van der Waals surface area contributed by atoms with E-state index in [-0.39, 0.29) is 25.6 Å². The Balaban J connectivity index is 3.66. The molecule has 0 heterocycles. The molecule has 51 heavy (non-hydrogen) atoms. The molecule has 0 bridgehead atoms. The third kappa shape index (κ3) is 38.8.